The lowest BCUT2D eigenvalue weighted by atomic mass is 9.81. The fourth-order valence-corrected chi connectivity index (χ4v) is 7.94. The van der Waals surface area contributed by atoms with Crippen molar-refractivity contribution in [1.82, 2.24) is 9.55 Å². The Hall–Kier alpha value is -3.04. The van der Waals surface area contributed by atoms with Gasteiger partial charge in [0.25, 0.3) is 10.1 Å². The molecule has 0 spiro atoms. The number of ether oxygens (including phenoxy) is 1. The summed E-state index contributed by atoms with van der Waals surface area (Å²) in [5, 5.41) is 0.331. The summed E-state index contributed by atoms with van der Waals surface area (Å²) >= 11 is 7.54. The third-order valence-corrected chi connectivity index (χ3v) is 10.9. The first-order valence-corrected chi connectivity index (χ1v) is 18.7. The Morgan fingerprint density at radius 1 is 0.957 bits per heavy atom. The van der Waals surface area contributed by atoms with E-state index in [4.69, 9.17) is 16.3 Å². The highest BCUT2D eigenvalue weighted by Gasteiger charge is 2.31. The first kappa shape index (κ1) is 35.8. The van der Waals surface area contributed by atoms with Crippen LogP contribution < -0.4 is 4.74 Å². The van der Waals surface area contributed by atoms with Crippen molar-refractivity contribution < 1.29 is 38.9 Å². The minimum absolute atomic E-state index is 0.0176. The minimum Gasteiger partial charge on any atom is -0.494 e. The summed E-state index contributed by atoms with van der Waals surface area (Å²) in [5.41, 5.74) is 1.28. The molecule has 3 aromatic carbocycles. The second-order valence-corrected chi connectivity index (χ2v) is 16.0. The van der Waals surface area contributed by atoms with Gasteiger partial charge in [0.05, 0.1) is 42.5 Å². The first-order chi connectivity index (χ1) is 21.5. The van der Waals surface area contributed by atoms with Gasteiger partial charge in [0.1, 0.15) is 11.6 Å². The Labute approximate surface area is 276 Å². The van der Waals surface area contributed by atoms with Gasteiger partial charge in [-0.3, -0.25) is 8.75 Å². The van der Waals surface area contributed by atoms with Gasteiger partial charge in [0, 0.05) is 27.4 Å². The number of hydrogen-bond donors (Lipinski definition) is 0. The van der Waals surface area contributed by atoms with E-state index in [1.807, 2.05) is 13.8 Å². The highest BCUT2D eigenvalue weighted by atomic mass is 35.5. The molecule has 0 saturated heterocycles. The van der Waals surface area contributed by atoms with Gasteiger partial charge in [0.2, 0.25) is 0 Å². The highest BCUT2D eigenvalue weighted by molar-refractivity contribution is 7.98. The Bertz CT molecular complexity index is 1910. The predicted octanol–water partition coefficient (Wildman–Crippen LogP) is 7.10. The molecule has 46 heavy (non-hydrogen) atoms. The van der Waals surface area contributed by atoms with Crippen LogP contribution in [-0.2, 0) is 35.3 Å². The molecule has 0 fully saturated rings. The van der Waals surface area contributed by atoms with Gasteiger partial charge in [-0.05, 0) is 66.9 Å². The second-order valence-electron chi connectivity index (χ2n) is 10.9. The van der Waals surface area contributed by atoms with Gasteiger partial charge in [-0.25, -0.2) is 26.6 Å². The molecule has 248 valence electrons. The Morgan fingerprint density at radius 2 is 1.65 bits per heavy atom. The largest absolute Gasteiger partial charge is 0.494 e. The van der Waals surface area contributed by atoms with Crippen LogP contribution in [0.25, 0.3) is 5.69 Å². The zero-order valence-corrected chi connectivity index (χ0v) is 28.6. The Balaban J connectivity index is 1.61. The van der Waals surface area contributed by atoms with Crippen molar-refractivity contribution in [1.29, 1.82) is 0 Å². The van der Waals surface area contributed by atoms with Gasteiger partial charge in [-0.1, -0.05) is 43.3 Å². The van der Waals surface area contributed by atoms with E-state index in [1.165, 1.54) is 31.4 Å². The van der Waals surface area contributed by atoms with Crippen molar-refractivity contribution >= 4 is 43.3 Å². The summed E-state index contributed by atoms with van der Waals surface area (Å²) in [6.45, 7) is 3.67. The number of methoxy groups -OCH3 is 1. The summed E-state index contributed by atoms with van der Waals surface area (Å²) in [6, 6.07) is 12.4. The van der Waals surface area contributed by atoms with Crippen LogP contribution in [0.3, 0.4) is 0 Å². The SMILES string of the molecule is COc1cc(C(C)(C)c2cnc(SCc3c(F)cc(S(=O)(=O)CCCCOS(C)(=O)=O)cc3Cl)n2-c2ccc(F)cc2)ccc1F. The number of imidazole rings is 1. The van der Waals surface area contributed by atoms with Crippen LogP contribution in [0.15, 0.2) is 70.8 Å². The summed E-state index contributed by atoms with van der Waals surface area (Å²) in [5.74, 6) is -2.06. The lowest BCUT2D eigenvalue weighted by molar-refractivity contribution is 0.314. The molecule has 4 aromatic rings. The monoisotopic (exact) mass is 716 g/mol. The van der Waals surface area contributed by atoms with E-state index < -0.39 is 42.8 Å². The van der Waals surface area contributed by atoms with Crippen LogP contribution in [0.1, 0.15) is 43.5 Å². The summed E-state index contributed by atoms with van der Waals surface area (Å²) in [6.07, 6.45) is 2.81. The maximum Gasteiger partial charge on any atom is 0.264 e. The minimum atomic E-state index is -3.91. The molecular weight excluding hydrogens is 685 g/mol. The predicted molar refractivity (Wildman–Crippen MR) is 172 cm³/mol. The van der Waals surface area contributed by atoms with Crippen LogP contribution in [0.4, 0.5) is 13.2 Å². The molecule has 0 N–H and O–H groups in total. The molecule has 0 amide bonds. The molecule has 15 heteroatoms. The summed E-state index contributed by atoms with van der Waals surface area (Å²) < 4.78 is 103. The highest BCUT2D eigenvalue weighted by Crippen LogP contribution is 2.39. The van der Waals surface area contributed by atoms with Crippen LogP contribution >= 0.6 is 23.4 Å². The van der Waals surface area contributed by atoms with Crippen molar-refractivity contribution in [2.45, 2.75) is 47.9 Å². The summed E-state index contributed by atoms with van der Waals surface area (Å²) in [7, 11) is -6.17. The lowest BCUT2D eigenvalue weighted by Crippen LogP contribution is -2.23. The number of halogens is 4. The average molecular weight is 717 g/mol. The molecule has 0 aliphatic carbocycles. The molecule has 0 unspecified atom stereocenters. The van der Waals surface area contributed by atoms with E-state index in [-0.39, 0.29) is 52.2 Å². The van der Waals surface area contributed by atoms with Crippen LogP contribution in [0, 0.1) is 17.5 Å². The number of sulfone groups is 1. The average Bonchev–Trinajstić information content (AvgIpc) is 3.41. The maximum absolute atomic E-state index is 15.3. The fraction of sp³-hybridized carbons (Fsp3) is 0.323. The van der Waals surface area contributed by atoms with E-state index in [9.17, 15) is 25.6 Å². The normalized spacial score (nSPS) is 12.4. The molecule has 8 nitrogen and oxygen atoms in total. The van der Waals surface area contributed by atoms with Crippen molar-refractivity contribution in [3.05, 3.63) is 100 Å². The second kappa shape index (κ2) is 14.4. The number of benzene rings is 3. The topological polar surface area (TPSA) is 105 Å². The molecule has 0 atom stereocenters. The molecule has 0 aliphatic heterocycles. The fourth-order valence-electron chi connectivity index (χ4n) is 4.67. The number of nitrogens with zero attached hydrogens (tertiary/aromatic N) is 2. The molecule has 1 heterocycles. The van der Waals surface area contributed by atoms with Gasteiger partial charge in [0.15, 0.2) is 26.6 Å². The smallest absolute Gasteiger partial charge is 0.264 e. The van der Waals surface area contributed by atoms with E-state index in [2.05, 4.69) is 9.17 Å². The zero-order chi connectivity index (χ0) is 33.9. The molecule has 0 aliphatic rings. The van der Waals surface area contributed by atoms with Crippen molar-refractivity contribution in [3.63, 3.8) is 0 Å². The summed E-state index contributed by atoms with van der Waals surface area (Å²) in [4.78, 5) is 4.29. The van der Waals surface area contributed by atoms with Crippen molar-refractivity contribution in [3.8, 4) is 11.4 Å². The third-order valence-electron chi connectivity index (χ3n) is 7.25. The standard InChI is InChI=1S/C31H32ClF3N2O6S3/c1-31(2,20-7-12-26(34)28(15-20)42-3)29-18-36-30(37(29)22-10-8-21(33)9-11-22)44-19-24-25(32)16-23(17-27(24)35)46(40,41)14-6-5-13-43-45(4,38)39/h7-12,15-18H,5-6,13-14,19H2,1-4H3. The number of unbranched alkanes of at least 4 members (excludes halogenated alkanes) is 1. The molecule has 0 saturated carbocycles. The lowest BCUT2D eigenvalue weighted by Gasteiger charge is -2.28. The maximum atomic E-state index is 15.3. The molecule has 0 bridgehead atoms. The van der Waals surface area contributed by atoms with E-state index in [0.29, 0.717) is 16.5 Å². The third kappa shape index (κ3) is 8.45. The van der Waals surface area contributed by atoms with Gasteiger partial charge >= 0.3 is 0 Å². The Kier molecular flexibility index (Phi) is 11.2. The van der Waals surface area contributed by atoms with Gasteiger partial charge in [-0.2, -0.15) is 8.42 Å². The zero-order valence-electron chi connectivity index (χ0n) is 25.4. The molecule has 4 rings (SSSR count). The number of thioether (sulfide) groups is 1. The first-order valence-electron chi connectivity index (χ1n) is 13.9. The quantitative estimate of drug-likeness (QED) is 0.0774. The van der Waals surface area contributed by atoms with E-state index >= 15 is 4.39 Å². The Morgan fingerprint density at radius 3 is 2.28 bits per heavy atom. The van der Waals surface area contributed by atoms with Crippen LogP contribution in [0.5, 0.6) is 5.75 Å². The van der Waals surface area contributed by atoms with E-state index in [0.717, 1.165) is 29.6 Å². The van der Waals surface area contributed by atoms with Crippen LogP contribution in [-0.4, -0.2) is 52.1 Å². The molecule has 1 aromatic heterocycles. The number of hydrogen-bond acceptors (Lipinski definition) is 8. The number of rotatable bonds is 14. The van der Waals surface area contributed by atoms with E-state index in [1.54, 1.807) is 35.0 Å². The van der Waals surface area contributed by atoms with Gasteiger partial charge in [-0.15, -0.1) is 0 Å². The van der Waals surface area contributed by atoms with Crippen molar-refractivity contribution in [2.24, 2.45) is 0 Å². The van der Waals surface area contributed by atoms with Gasteiger partial charge < -0.3 is 4.74 Å². The van der Waals surface area contributed by atoms with Crippen molar-refractivity contribution in [2.75, 3.05) is 25.7 Å². The molecule has 0 radical (unpaired) electrons. The van der Waals surface area contributed by atoms with Crippen LogP contribution in [0.2, 0.25) is 5.02 Å². The number of aromatic nitrogens is 2. The molecular formula is C31H32ClF3N2O6S3.